The van der Waals surface area contributed by atoms with E-state index in [1.54, 1.807) is 0 Å². The summed E-state index contributed by atoms with van der Waals surface area (Å²) in [5, 5.41) is 3.24. The molecule has 1 aromatic carbocycles. The Morgan fingerprint density at radius 1 is 1.00 bits per heavy atom. The molecule has 4 heteroatoms. The number of carbonyl (C=O) groups is 2. The van der Waals surface area contributed by atoms with Gasteiger partial charge in [0.25, 0.3) is 0 Å². The van der Waals surface area contributed by atoms with Crippen molar-refractivity contribution in [3.8, 4) is 0 Å². The fourth-order valence-electron chi connectivity index (χ4n) is 6.51. The number of hydrogen-bond donors (Lipinski definition) is 1. The SMILES string of the molecule is O=C([C@@H](Cc1ccccc1)NC(=O)C12CC3CC(CC(C3)C1)C2)N1CCC1. The van der Waals surface area contributed by atoms with Gasteiger partial charge in [-0.05, 0) is 68.3 Å². The lowest BCUT2D eigenvalue weighted by Gasteiger charge is -2.55. The molecule has 0 aromatic heterocycles. The highest BCUT2D eigenvalue weighted by Gasteiger charge is 2.55. The van der Waals surface area contributed by atoms with E-state index >= 15 is 0 Å². The lowest BCUT2D eigenvalue weighted by atomic mass is 9.49. The van der Waals surface area contributed by atoms with E-state index in [-0.39, 0.29) is 17.2 Å². The lowest BCUT2D eigenvalue weighted by Crippen LogP contribution is -2.59. The number of likely N-dealkylation sites (tertiary alicyclic amines) is 1. The summed E-state index contributed by atoms with van der Waals surface area (Å²) < 4.78 is 0. The molecule has 27 heavy (non-hydrogen) atoms. The largest absolute Gasteiger partial charge is 0.343 e. The van der Waals surface area contributed by atoms with Crippen LogP contribution in [0.15, 0.2) is 30.3 Å². The zero-order valence-electron chi connectivity index (χ0n) is 16.0. The zero-order chi connectivity index (χ0) is 18.4. The summed E-state index contributed by atoms with van der Waals surface area (Å²) in [6, 6.07) is 9.67. The van der Waals surface area contributed by atoms with Crippen molar-refractivity contribution in [2.45, 2.75) is 57.4 Å². The van der Waals surface area contributed by atoms with E-state index in [0.29, 0.717) is 6.42 Å². The monoisotopic (exact) mass is 366 g/mol. The van der Waals surface area contributed by atoms with Crippen molar-refractivity contribution in [1.82, 2.24) is 10.2 Å². The second-order valence-electron chi connectivity index (χ2n) is 9.59. The Hall–Kier alpha value is -1.84. The molecule has 4 bridgehead atoms. The van der Waals surface area contributed by atoms with Crippen LogP contribution in [0.1, 0.15) is 50.5 Å². The maximum atomic E-state index is 13.4. The van der Waals surface area contributed by atoms with Crippen LogP contribution in [0.25, 0.3) is 0 Å². The maximum absolute atomic E-state index is 13.4. The summed E-state index contributed by atoms with van der Waals surface area (Å²) >= 11 is 0. The van der Waals surface area contributed by atoms with Gasteiger partial charge in [0.2, 0.25) is 11.8 Å². The zero-order valence-corrected chi connectivity index (χ0v) is 16.0. The Morgan fingerprint density at radius 3 is 2.11 bits per heavy atom. The van der Waals surface area contributed by atoms with E-state index in [1.165, 1.54) is 19.3 Å². The van der Waals surface area contributed by atoms with Gasteiger partial charge in [-0.25, -0.2) is 0 Å². The molecule has 4 saturated carbocycles. The minimum Gasteiger partial charge on any atom is -0.343 e. The van der Waals surface area contributed by atoms with E-state index < -0.39 is 6.04 Å². The van der Waals surface area contributed by atoms with Crippen LogP contribution in [0.4, 0.5) is 0 Å². The molecule has 1 N–H and O–H groups in total. The molecule has 0 unspecified atom stereocenters. The van der Waals surface area contributed by atoms with Crippen LogP contribution in [0.2, 0.25) is 0 Å². The quantitative estimate of drug-likeness (QED) is 0.870. The van der Waals surface area contributed by atoms with Crippen LogP contribution in [-0.2, 0) is 16.0 Å². The van der Waals surface area contributed by atoms with Gasteiger partial charge in [-0.2, -0.15) is 0 Å². The first-order valence-corrected chi connectivity index (χ1v) is 10.7. The average molecular weight is 367 g/mol. The van der Waals surface area contributed by atoms with E-state index in [0.717, 1.165) is 62.1 Å². The molecule has 6 rings (SSSR count). The molecule has 4 nitrogen and oxygen atoms in total. The van der Waals surface area contributed by atoms with Crippen molar-refractivity contribution < 1.29 is 9.59 Å². The van der Waals surface area contributed by atoms with Gasteiger partial charge in [0.1, 0.15) is 6.04 Å². The minimum absolute atomic E-state index is 0.100. The fourth-order valence-corrected chi connectivity index (χ4v) is 6.51. The topological polar surface area (TPSA) is 49.4 Å². The van der Waals surface area contributed by atoms with Crippen LogP contribution in [0.5, 0.6) is 0 Å². The van der Waals surface area contributed by atoms with Crippen LogP contribution < -0.4 is 5.32 Å². The average Bonchev–Trinajstić information content (AvgIpc) is 2.59. The highest BCUT2D eigenvalue weighted by molar-refractivity contribution is 5.91. The third-order valence-electron chi connectivity index (χ3n) is 7.57. The molecular formula is C23H30N2O2. The van der Waals surface area contributed by atoms with E-state index in [9.17, 15) is 9.59 Å². The molecule has 4 aliphatic carbocycles. The standard InChI is InChI=1S/C23H30N2O2/c26-21(25-7-4-8-25)20(12-16-5-2-1-3-6-16)24-22(27)23-13-17-9-18(14-23)11-19(10-17)15-23/h1-3,5-6,17-20H,4,7-15H2,(H,24,27)/t17?,18?,19?,20-,23?/m1/s1. The number of carbonyl (C=O) groups excluding carboxylic acids is 2. The predicted octanol–water partition coefficient (Wildman–Crippen LogP) is 3.16. The summed E-state index contributed by atoms with van der Waals surface area (Å²) in [4.78, 5) is 28.3. The Morgan fingerprint density at radius 2 is 1.59 bits per heavy atom. The summed E-state index contributed by atoms with van der Waals surface area (Å²) in [6.45, 7) is 1.66. The molecular weight excluding hydrogens is 336 g/mol. The summed E-state index contributed by atoms with van der Waals surface area (Å²) in [5.74, 6) is 2.47. The molecule has 1 aliphatic heterocycles. The van der Waals surface area contributed by atoms with Crippen LogP contribution in [0.3, 0.4) is 0 Å². The Labute approximate surface area is 161 Å². The van der Waals surface area contributed by atoms with E-state index in [1.807, 2.05) is 35.2 Å². The lowest BCUT2D eigenvalue weighted by molar-refractivity contribution is -0.150. The summed E-state index contributed by atoms with van der Waals surface area (Å²) in [6.07, 6.45) is 8.77. The van der Waals surface area contributed by atoms with Crippen molar-refractivity contribution in [2.24, 2.45) is 23.2 Å². The van der Waals surface area contributed by atoms with Crippen molar-refractivity contribution in [3.05, 3.63) is 35.9 Å². The Balaban J connectivity index is 1.34. The number of nitrogens with one attached hydrogen (secondary N) is 1. The number of amides is 2. The van der Waals surface area contributed by atoms with Crippen molar-refractivity contribution in [3.63, 3.8) is 0 Å². The van der Waals surface area contributed by atoms with Gasteiger partial charge >= 0.3 is 0 Å². The minimum atomic E-state index is -0.423. The third-order valence-corrected chi connectivity index (χ3v) is 7.57. The third kappa shape index (κ3) is 3.17. The normalized spacial score (nSPS) is 34.8. The second-order valence-corrected chi connectivity index (χ2v) is 9.59. The molecule has 2 amide bonds. The van der Waals surface area contributed by atoms with Crippen molar-refractivity contribution in [1.29, 1.82) is 0 Å². The highest BCUT2D eigenvalue weighted by Crippen LogP contribution is 2.60. The van der Waals surface area contributed by atoms with E-state index in [2.05, 4.69) is 5.32 Å². The van der Waals surface area contributed by atoms with Gasteiger partial charge in [-0.15, -0.1) is 0 Å². The van der Waals surface area contributed by atoms with E-state index in [4.69, 9.17) is 0 Å². The number of hydrogen-bond acceptors (Lipinski definition) is 2. The highest BCUT2D eigenvalue weighted by atomic mass is 16.2. The van der Waals surface area contributed by atoms with Gasteiger partial charge < -0.3 is 10.2 Å². The molecule has 1 saturated heterocycles. The van der Waals surface area contributed by atoms with Crippen molar-refractivity contribution >= 4 is 11.8 Å². The van der Waals surface area contributed by atoms with Crippen LogP contribution in [0, 0.1) is 23.2 Å². The smallest absolute Gasteiger partial charge is 0.245 e. The fraction of sp³-hybridized carbons (Fsp3) is 0.652. The maximum Gasteiger partial charge on any atom is 0.245 e. The van der Waals surface area contributed by atoms with Gasteiger partial charge in [0.05, 0.1) is 0 Å². The first-order valence-electron chi connectivity index (χ1n) is 10.7. The van der Waals surface area contributed by atoms with Gasteiger partial charge in [-0.1, -0.05) is 30.3 Å². The molecule has 0 radical (unpaired) electrons. The number of nitrogens with zero attached hydrogens (tertiary/aromatic N) is 1. The number of benzene rings is 1. The van der Waals surface area contributed by atoms with Crippen LogP contribution >= 0.6 is 0 Å². The van der Waals surface area contributed by atoms with Crippen LogP contribution in [-0.4, -0.2) is 35.8 Å². The molecule has 1 aromatic rings. The molecule has 1 atom stereocenters. The summed E-state index contributed by atoms with van der Waals surface area (Å²) in [7, 11) is 0. The molecule has 144 valence electrons. The molecule has 1 heterocycles. The van der Waals surface area contributed by atoms with Gasteiger partial charge in [-0.3, -0.25) is 9.59 Å². The number of rotatable bonds is 5. The first-order chi connectivity index (χ1) is 13.1. The first kappa shape index (κ1) is 17.3. The second kappa shape index (κ2) is 6.65. The molecule has 0 spiro atoms. The van der Waals surface area contributed by atoms with Crippen molar-refractivity contribution in [2.75, 3.05) is 13.1 Å². The molecule has 5 fully saturated rings. The Kier molecular flexibility index (Phi) is 4.25. The molecule has 5 aliphatic rings. The predicted molar refractivity (Wildman–Crippen MR) is 104 cm³/mol. The summed E-state index contributed by atoms with van der Waals surface area (Å²) in [5.41, 5.74) is 0.918. The van der Waals surface area contributed by atoms with Gasteiger partial charge in [0.15, 0.2) is 0 Å². The Bertz CT molecular complexity index is 690. The van der Waals surface area contributed by atoms with Gasteiger partial charge in [0, 0.05) is 24.9 Å².